The molecule has 0 spiro atoms. The van der Waals surface area contributed by atoms with Crippen molar-refractivity contribution < 1.29 is 23.1 Å². The van der Waals surface area contributed by atoms with E-state index in [1.165, 1.54) is 12.1 Å². The zero-order valence-corrected chi connectivity index (χ0v) is 12.0. The number of benzene rings is 1. The summed E-state index contributed by atoms with van der Waals surface area (Å²) in [6.07, 6.45) is -0.507. The van der Waals surface area contributed by atoms with E-state index in [-0.39, 0.29) is 12.0 Å². The van der Waals surface area contributed by atoms with Crippen LogP contribution in [0.15, 0.2) is 24.3 Å². The van der Waals surface area contributed by atoms with Crippen LogP contribution >= 0.6 is 0 Å². The van der Waals surface area contributed by atoms with E-state index >= 15 is 0 Å². The van der Waals surface area contributed by atoms with Gasteiger partial charge in [-0.3, -0.25) is 9.69 Å². The topological polar surface area (TPSA) is 40.5 Å². The molecule has 2 heterocycles. The van der Waals surface area contributed by atoms with Crippen LogP contribution in [0.25, 0.3) is 0 Å². The quantitative estimate of drug-likeness (QED) is 0.928. The summed E-state index contributed by atoms with van der Waals surface area (Å²) in [5.74, 6) is -0.654. The number of rotatable bonds is 3. The summed E-state index contributed by atoms with van der Waals surface area (Å²) in [5.41, 5.74) is 0.0537. The van der Waals surface area contributed by atoms with Crippen molar-refractivity contribution in [1.82, 2.24) is 4.90 Å². The fourth-order valence-electron chi connectivity index (χ4n) is 3.83. The van der Waals surface area contributed by atoms with Crippen molar-refractivity contribution in [2.24, 2.45) is 5.92 Å². The zero-order valence-electron chi connectivity index (χ0n) is 12.0. The lowest BCUT2D eigenvalue weighted by atomic mass is 9.74. The van der Waals surface area contributed by atoms with Crippen LogP contribution in [0.2, 0.25) is 0 Å². The molecule has 3 fully saturated rings. The Balaban J connectivity index is 1.78. The molecule has 2 saturated heterocycles. The van der Waals surface area contributed by atoms with Gasteiger partial charge in [-0.25, -0.2) is 0 Å². The van der Waals surface area contributed by atoms with Gasteiger partial charge in [-0.15, -0.1) is 0 Å². The summed E-state index contributed by atoms with van der Waals surface area (Å²) in [4.78, 5) is 13.5. The first-order chi connectivity index (χ1) is 10.4. The van der Waals surface area contributed by atoms with Gasteiger partial charge in [-0.2, -0.15) is 13.2 Å². The Morgan fingerprint density at radius 1 is 1.14 bits per heavy atom. The molecule has 1 unspecified atom stereocenters. The zero-order chi connectivity index (χ0) is 15.9. The molecule has 1 aromatic carbocycles. The third-order valence-electron chi connectivity index (χ3n) is 4.91. The molecule has 0 aromatic heterocycles. The molecule has 3 aliphatic rings. The SMILES string of the molecule is O=C(O)C1C2CCC(CC2)N1Cc1ccc(C(F)(F)F)cc1. The molecule has 22 heavy (non-hydrogen) atoms. The number of halogens is 3. The maximum atomic E-state index is 12.6. The van der Waals surface area contributed by atoms with Crippen LogP contribution in [-0.4, -0.2) is 28.1 Å². The molecule has 0 amide bonds. The van der Waals surface area contributed by atoms with Crippen molar-refractivity contribution >= 4 is 5.97 Å². The Morgan fingerprint density at radius 2 is 1.73 bits per heavy atom. The molecular weight excluding hydrogens is 295 g/mol. The second-order valence-electron chi connectivity index (χ2n) is 6.22. The average Bonchev–Trinajstić information content (AvgIpc) is 2.47. The number of hydrogen-bond acceptors (Lipinski definition) is 2. The Hall–Kier alpha value is -1.56. The highest BCUT2D eigenvalue weighted by Crippen LogP contribution is 2.40. The largest absolute Gasteiger partial charge is 0.480 e. The number of alkyl halides is 3. The van der Waals surface area contributed by atoms with Crippen LogP contribution < -0.4 is 0 Å². The standard InChI is InChI=1S/C16H18F3NO2/c17-16(18,19)12-5-1-10(2-6-12)9-20-13-7-3-11(4-8-13)14(20)15(21)22/h1-2,5-6,11,13-14H,3-4,7-9H2,(H,21,22). The van der Waals surface area contributed by atoms with E-state index in [4.69, 9.17) is 0 Å². The molecule has 1 N–H and O–H groups in total. The van der Waals surface area contributed by atoms with Gasteiger partial charge in [0.25, 0.3) is 0 Å². The fourth-order valence-corrected chi connectivity index (χ4v) is 3.83. The first-order valence-corrected chi connectivity index (χ1v) is 7.51. The summed E-state index contributed by atoms with van der Waals surface area (Å²) in [5, 5.41) is 9.47. The molecule has 3 nitrogen and oxygen atoms in total. The smallest absolute Gasteiger partial charge is 0.416 e. The number of carbonyl (C=O) groups is 1. The fraction of sp³-hybridized carbons (Fsp3) is 0.562. The second-order valence-corrected chi connectivity index (χ2v) is 6.22. The summed E-state index contributed by atoms with van der Waals surface area (Å²) in [6, 6.07) is 4.75. The second kappa shape index (κ2) is 5.57. The van der Waals surface area contributed by atoms with Crippen LogP contribution in [0, 0.1) is 5.92 Å². The maximum absolute atomic E-state index is 12.6. The monoisotopic (exact) mass is 313 g/mol. The molecule has 1 aliphatic carbocycles. The first-order valence-electron chi connectivity index (χ1n) is 7.51. The highest BCUT2D eigenvalue weighted by molar-refractivity contribution is 5.74. The molecule has 1 aromatic rings. The minimum absolute atomic E-state index is 0.164. The number of carboxylic acid groups (broad SMARTS) is 1. The van der Waals surface area contributed by atoms with E-state index in [1.807, 2.05) is 4.90 Å². The van der Waals surface area contributed by atoms with Crippen LogP contribution in [-0.2, 0) is 17.5 Å². The minimum atomic E-state index is -4.34. The summed E-state index contributed by atoms with van der Waals surface area (Å²) in [7, 11) is 0. The van der Waals surface area contributed by atoms with Crippen molar-refractivity contribution in [2.45, 2.75) is 50.5 Å². The Kier molecular flexibility index (Phi) is 3.89. The van der Waals surface area contributed by atoms with E-state index in [9.17, 15) is 23.1 Å². The molecule has 0 radical (unpaired) electrons. The van der Waals surface area contributed by atoms with Gasteiger partial charge in [0, 0.05) is 12.6 Å². The molecule has 2 aliphatic heterocycles. The summed E-state index contributed by atoms with van der Waals surface area (Å²) in [6.45, 7) is 0.399. The van der Waals surface area contributed by atoms with Crippen LogP contribution in [0.3, 0.4) is 0 Å². The first kappa shape index (κ1) is 15.3. The predicted octanol–water partition coefficient (Wildman–Crippen LogP) is 3.53. The van der Waals surface area contributed by atoms with Crippen molar-refractivity contribution in [1.29, 1.82) is 0 Å². The number of hydrogen-bond donors (Lipinski definition) is 1. The molecule has 6 heteroatoms. The average molecular weight is 313 g/mol. The minimum Gasteiger partial charge on any atom is -0.480 e. The highest BCUT2D eigenvalue weighted by Gasteiger charge is 2.45. The van der Waals surface area contributed by atoms with Crippen molar-refractivity contribution in [3.05, 3.63) is 35.4 Å². The third-order valence-corrected chi connectivity index (χ3v) is 4.91. The van der Waals surface area contributed by atoms with Crippen molar-refractivity contribution in [3.8, 4) is 0 Å². The van der Waals surface area contributed by atoms with E-state index in [0.29, 0.717) is 6.54 Å². The van der Waals surface area contributed by atoms with E-state index in [2.05, 4.69) is 0 Å². The Labute approximate surface area is 126 Å². The van der Waals surface area contributed by atoms with E-state index < -0.39 is 23.8 Å². The van der Waals surface area contributed by atoms with Gasteiger partial charge < -0.3 is 5.11 Å². The number of aliphatic carboxylic acids is 1. The van der Waals surface area contributed by atoms with Crippen LogP contribution in [0.5, 0.6) is 0 Å². The van der Waals surface area contributed by atoms with Crippen molar-refractivity contribution in [3.63, 3.8) is 0 Å². The van der Waals surface area contributed by atoms with Gasteiger partial charge in [0.05, 0.1) is 5.56 Å². The normalized spacial score (nSPS) is 28.8. The number of piperidine rings is 2. The van der Waals surface area contributed by atoms with E-state index in [1.54, 1.807) is 0 Å². The third kappa shape index (κ3) is 2.84. The molecule has 1 atom stereocenters. The van der Waals surface area contributed by atoms with Crippen molar-refractivity contribution in [2.75, 3.05) is 0 Å². The number of nitrogens with zero attached hydrogens (tertiary/aromatic N) is 1. The van der Waals surface area contributed by atoms with Gasteiger partial charge >= 0.3 is 12.1 Å². The lowest BCUT2D eigenvalue weighted by Gasteiger charge is -2.49. The lowest BCUT2D eigenvalue weighted by Crippen LogP contribution is -2.57. The van der Waals surface area contributed by atoms with Crippen LogP contribution in [0.4, 0.5) is 13.2 Å². The molecular formula is C16H18F3NO2. The summed E-state index contributed by atoms with van der Waals surface area (Å²) < 4.78 is 37.7. The van der Waals surface area contributed by atoms with E-state index in [0.717, 1.165) is 43.4 Å². The number of carboxylic acids is 1. The lowest BCUT2D eigenvalue weighted by molar-refractivity contribution is -0.153. The Bertz CT molecular complexity index is 548. The van der Waals surface area contributed by atoms with Gasteiger partial charge in [-0.1, -0.05) is 12.1 Å². The summed E-state index contributed by atoms with van der Waals surface area (Å²) >= 11 is 0. The van der Waals surface area contributed by atoms with Gasteiger partial charge in [0.2, 0.25) is 0 Å². The molecule has 4 rings (SSSR count). The number of fused-ring (bicyclic) bond motifs is 3. The predicted molar refractivity (Wildman–Crippen MR) is 74.2 cm³/mol. The molecule has 120 valence electrons. The highest BCUT2D eigenvalue weighted by atomic mass is 19.4. The van der Waals surface area contributed by atoms with Gasteiger partial charge in [-0.05, 0) is 49.3 Å². The van der Waals surface area contributed by atoms with Crippen LogP contribution in [0.1, 0.15) is 36.8 Å². The Morgan fingerprint density at radius 3 is 2.23 bits per heavy atom. The van der Waals surface area contributed by atoms with Gasteiger partial charge in [0.15, 0.2) is 0 Å². The molecule has 1 saturated carbocycles. The van der Waals surface area contributed by atoms with Gasteiger partial charge in [0.1, 0.15) is 6.04 Å². The molecule has 2 bridgehead atoms. The maximum Gasteiger partial charge on any atom is 0.416 e.